The van der Waals surface area contributed by atoms with Crippen LogP contribution in [0.3, 0.4) is 0 Å². The van der Waals surface area contributed by atoms with Crippen molar-refractivity contribution in [3.8, 4) is 6.07 Å². The van der Waals surface area contributed by atoms with Crippen LogP contribution in [0.5, 0.6) is 0 Å². The summed E-state index contributed by atoms with van der Waals surface area (Å²) >= 11 is 0. The summed E-state index contributed by atoms with van der Waals surface area (Å²) in [4.78, 5) is 1.82. The van der Waals surface area contributed by atoms with Crippen molar-refractivity contribution in [2.75, 3.05) is 25.6 Å². The Morgan fingerprint density at radius 3 is 2.08 bits per heavy atom. The quantitative estimate of drug-likeness (QED) is 0.601. The van der Waals surface area contributed by atoms with E-state index >= 15 is 0 Å². The lowest BCUT2D eigenvalue weighted by Crippen LogP contribution is -2.48. The molecule has 0 unspecified atom stereocenters. The van der Waals surface area contributed by atoms with Crippen LogP contribution in [0, 0.1) is 11.3 Å². The molecule has 1 aliphatic rings. The van der Waals surface area contributed by atoms with Gasteiger partial charge < -0.3 is 0 Å². The van der Waals surface area contributed by atoms with Gasteiger partial charge in [0.2, 0.25) is 0 Å². The van der Waals surface area contributed by atoms with Crippen LogP contribution in [0.25, 0.3) is 0 Å². The van der Waals surface area contributed by atoms with E-state index in [0.29, 0.717) is 12.8 Å². The van der Waals surface area contributed by atoms with Gasteiger partial charge in [0.05, 0.1) is 17.6 Å². The smallest absolute Gasteiger partial charge is 0.150 e. The van der Waals surface area contributed by atoms with Crippen LogP contribution in [-0.2, 0) is 9.84 Å². The van der Waals surface area contributed by atoms with E-state index in [1.807, 2.05) is 19.0 Å². The number of sulfone groups is 1. The predicted octanol–water partition coefficient (Wildman–Crippen LogP) is 0.0190. The molecule has 5 heteroatoms. The summed E-state index contributed by atoms with van der Waals surface area (Å²) in [6.45, 7) is 0. The molecule has 0 spiro atoms. The third kappa shape index (κ3) is 2.01. The van der Waals surface area contributed by atoms with Crippen molar-refractivity contribution in [1.29, 1.82) is 5.26 Å². The maximum Gasteiger partial charge on any atom is 0.150 e. The zero-order valence-corrected chi connectivity index (χ0v) is 8.76. The minimum absolute atomic E-state index is 0.138. The molecule has 0 saturated carbocycles. The summed E-state index contributed by atoms with van der Waals surface area (Å²) in [5.74, 6) is 0.275. The molecular weight excluding hydrogens is 188 g/mol. The van der Waals surface area contributed by atoms with E-state index in [0.717, 1.165) is 0 Å². The van der Waals surface area contributed by atoms with Crippen LogP contribution < -0.4 is 0 Å². The molecule has 0 aromatic rings. The molecule has 1 fully saturated rings. The Hall–Kier alpha value is -0.600. The largest absolute Gasteiger partial charge is 0.292 e. The van der Waals surface area contributed by atoms with Gasteiger partial charge in [-0.1, -0.05) is 0 Å². The first-order valence-electron chi connectivity index (χ1n) is 4.21. The standard InChI is InChI=1S/C8H14N2O2S/c1-10(2)8(7-9)3-5-13(11,12)6-4-8/h3-6H2,1-2H3. The monoisotopic (exact) mass is 202 g/mol. The Morgan fingerprint density at radius 1 is 1.31 bits per heavy atom. The third-order valence-corrected chi connectivity index (χ3v) is 4.37. The first-order valence-corrected chi connectivity index (χ1v) is 6.03. The molecule has 4 nitrogen and oxygen atoms in total. The lowest BCUT2D eigenvalue weighted by molar-refractivity contribution is 0.198. The van der Waals surface area contributed by atoms with Crippen LogP contribution in [-0.4, -0.2) is 44.5 Å². The summed E-state index contributed by atoms with van der Waals surface area (Å²) in [5.41, 5.74) is -0.564. The van der Waals surface area contributed by atoms with Crippen molar-refractivity contribution in [3.63, 3.8) is 0 Å². The van der Waals surface area contributed by atoms with Gasteiger partial charge in [0.1, 0.15) is 5.54 Å². The maximum absolute atomic E-state index is 11.1. The van der Waals surface area contributed by atoms with E-state index in [2.05, 4.69) is 6.07 Å². The normalized spacial score (nSPS) is 25.4. The Labute approximate surface area is 79.1 Å². The molecule has 1 aliphatic heterocycles. The topological polar surface area (TPSA) is 61.2 Å². The number of hydrogen-bond acceptors (Lipinski definition) is 4. The molecule has 0 amide bonds. The summed E-state index contributed by atoms with van der Waals surface area (Å²) in [5, 5.41) is 9.00. The van der Waals surface area contributed by atoms with Crippen molar-refractivity contribution in [2.45, 2.75) is 18.4 Å². The number of nitrogens with zero attached hydrogens (tertiary/aromatic N) is 2. The number of nitriles is 1. The first kappa shape index (κ1) is 10.5. The molecule has 13 heavy (non-hydrogen) atoms. The van der Waals surface area contributed by atoms with Gasteiger partial charge in [-0.25, -0.2) is 8.42 Å². The fourth-order valence-electron chi connectivity index (χ4n) is 1.53. The van der Waals surface area contributed by atoms with Crippen LogP contribution in [0.1, 0.15) is 12.8 Å². The SMILES string of the molecule is CN(C)C1(C#N)CCS(=O)(=O)CC1. The van der Waals surface area contributed by atoms with E-state index < -0.39 is 15.4 Å². The second-order valence-corrected chi connectivity index (χ2v) is 5.99. The summed E-state index contributed by atoms with van der Waals surface area (Å²) in [6, 6.07) is 2.22. The van der Waals surface area contributed by atoms with Gasteiger partial charge >= 0.3 is 0 Å². The average Bonchev–Trinajstić information content (AvgIpc) is 2.05. The molecule has 1 heterocycles. The van der Waals surface area contributed by atoms with Crippen molar-refractivity contribution < 1.29 is 8.42 Å². The predicted molar refractivity (Wildman–Crippen MR) is 49.9 cm³/mol. The average molecular weight is 202 g/mol. The Bertz CT molecular complexity index is 313. The van der Waals surface area contributed by atoms with E-state index in [1.54, 1.807) is 0 Å². The fraction of sp³-hybridized carbons (Fsp3) is 0.875. The molecule has 0 N–H and O–H groups in total. The minimum atomic E-state index is -2.88. The van der Waals surface area contributed by atoms with E-state index in [4.69, 9.17) is 5.26 Å². The lowest BCUT2D eigenvalue weighted by atomic mass is 9.93. The highest BCUT2D eigenvalue weighted by atomic mass is 32.2. The van der Waals surface area contributed by atoms with Crippen LogP contribution in [0.2, 0.25) is 0 Å². The molecule has 74 valence electrons. The van der Waals surface area contributed by atoms with Crippen LogP contribution in [0.15, 0.2) is 0 Å². The van der Waals surface area contributed by atoms with Gasteiger partial charge in [-0.15, -0.1) is 0 Å². The van der Waals surface area contributed by atoms with Crippen molar-refractivity contribution in [3.05, 3.63) is 0 Å². The van der Waals surface area contributed by atoms with Crippen molar-refractivity contribution >= 4 is 9.84 Å². The van der Waals surface area contributed by atoms with Gasteiger partial charge in [-0.05, 0) is 26.9 Å². The Balaban J connectivity index is 2.82. The van der Waals surface area contributed by atoms with Crippen molar-refractivity contribution in [1.82, 2.24) is 4.90 Å². The minimum Gasteiger partial charge on any atom is -0.292 e. The van der Waals surface area contributed by atoms with Crippen molar-refractivity contribution in [2.24, 2.45) is 0 Å². The molecule has 0 aromatic carbocycles. The zero-order chi connectivity index (χ0) is 10.1. The molecule has 0 aromatic heterocycles. The molecule has 1 rings (SSSR count). The molecule has 0 aliphatic carbocycles. The third-order valence-electron chi connectivity index (χ3n) is 2.72. The number of hydrogen-bond donors (Lipinski definition) is 0. The van der Waals surface area contributed by atoms with Gasteiger partial charge in [0.15, 0.2) is 9.84 Å². The van der Waals surface area contributed by atoms with Crippen LogP contribution in [0.4, 0.5) is 0 Å². The van der Waals surface area contributed by atoms with E-state index in [-0.39, 0.29) is 11.5 Å². The Morgan fingerprint density at radius 2 is 1.77 bits per heavy atom. The lowest BCUT2D eigenvalue weighted by Gasteiger charge is -2.36. The number of rotatable bonds is 1. The van der Waals surface area contributed by atoms with Gasteiger partial charge in [0.25, 0.3) is 0 Å². The molecule has 0 atom stereocenters. The van der Waals surface area contributed by atoms with Gasteiger partial charge in [0, 0.05) is 0 Å². The Kier molecular flexibility index (Phi) is 2.64. The summed E-state index contributed by atoms with van der Waals surface area (Å²) < 4.78 is 22.3. The molecule has 0 radical (unpaired) electrons. The van der Waals surface area contributed by atoms with E-state index in [9.17, 15) is 8.42 Å². The fourth-order valence-corrected chi connectivity index (χ4v) is 3.04. The maximum atomic E-state index is 11.1. The highest BCUT2D eigenvalue weighted by molar-refractivity contribution is 7.91. The van der Waals surface area contributed by atoms with Gasteiger partial charge in [-0.3, -0.25) is 4.90 Å². The molecular formula is C8H14N2O2S. The van der Waals surface area contributed by atoms with Crippen LogP contribution >= 0.6 is 0 Å². The second kappa shape index (κ2) is 3.28. The highest BCUT2D eigenvalue weighted by Crippen LogP contribution is 2.27. The highest BCUT2D eigenvalue weighted by Gasteiger charge is 2.39. The molecule has 0 bridgehead atoms. The summed E-state index contributed by atoms with van der Waals surface area (Å²) in [7, 11) is 0.766. The van der Waals surface area contributed by atoms with E-state index in [1.165, 1.54) is 0 Å². The second-order valence-electron chi connectivity index (χ2n) is 3.69. The van der Waals surface area contributed by atoms with Gasteiger partial charge in [-0.2, -0.15) is 5.26 Å². The summed E-state index contributed by atoms with van der Waals surface area (Å²) in [6.07, 6.45) is 0.859. The first-order chi connectivity index (χ1) is 5.92. The zero-order valence-electron chi connectivity index (χ0n) is 7.95. The molecule has 1 saturated heterocycles.